The van der Waals surface area contributed by atoms with E-state index < -0.39 is 29.0 Å². The first kappa shape index (κ1) is 19.4. The molecule has 9 heteroatoms. The number of halogens is 4. The molecule has 0 aliphatic heterocycles. The zero-order valence-corrected chi connectivity index (χ0v) is 15.7. The Kier molecular flexibility index (Phi) is 5.52. The van der Waals surface area contributed by atoms with Crippen LogP contribution >= 0.6 is 15.9 Å². The largest absolute Gasteiger partial charge is 0.478 e. The second kappa shape index (κ2) is 7.69. The summed E-state index contributed by atoms with van der Waals surface area (Å²) in [4.78, 5) is 15.5. The number of carboxylic acids is 1. The summed E-state index contributed by atoms with van der Waals surface area (Å²) in [6.45, 7) is 0.370. The summed E-state index contributed by atoms with van der Waals surface area (Å²) in [5.41, 5.74) is -0.237. The van der Waals surface area contributed by atoms with E-state index >= 15 is 0 Å². The highest BCUT2D eigenvalue weighted by molar-refractivity contribution is 9.10. The van der Waals surface area contributed by atoms with E-state index in [9.17, 15) is 18.0 Å². The molecule has 0 spiro atoms. The number of carbonyl (C=O) groups is 1. The van der Waals surface area contributed by atoms with Crippen LogP contribution in [-0.2, 0) is 17.7 Å². The predicted octanol–water partition coefficient (Wildman–Crippen LogP) is 4.15. The number of aromatic carboxylic acids is 1. The van der Waals surface area contributed by atoms with E-state index in [0.29, 0.717) is 0 Å². The SMILES string of the molecule is COCCn1c(Cc2cc(F)c(Br)cc2F)nc2ccc(C(=O)O)c(F)c21. The van der Waals surface area contributed by atoms with Crippen molar-refractivity contribution in [1.82, 2.24) is 9.55 Å². The van der Waals surface area contributed by atoms with Crippen molar-refractivity contribution in [3.05, 3.63) is 63.1 Å². The van der Waals surface area contributed by atoms with E-state index in [1.807, 2.05) is 0 Å². The molecule has 1 aromatic heterocycles. The van der Waals surface area contributed by atoms with Gasteiger partial charge in [0.05, 0.1) is 22.2 Å². The van der Waals surface area contributed by atoms with Crippen LogP contribution in [0.15, 0.2) is 28.7 Å². The van der Waals surface area contributed by atoms with Crippen molar-refractivity contribution < 1.29 is 27.8 Å². The van der Waals surface area contributed by atoms with E-state index in [4.69, 9.17) is 9.84 Å². The Labute approximate surface area is 160 Å². The molecule has 1 N–H and O–H groups in total. The fourth-order valence-electron chi connectivity index (χ4n) is 2.82. The first-order chi connectivity index (χ1) is 12.8. The molecule has 0 atom stereocenters. The first-order valence-electron chi connectivity index (χ1n) is 7.86. The molecule has 2 aromatic carbocycles. The van der Waals surface area contributed by atoms with Gasteiger partial charge in [-0.2, -0.15) is 0 Å². The molecule has 5 nitrogen and oxygen atoms in total. The van der Waals surface area contributed by atoms with Gasteiger partial charge in [0.1, 0.15) is 23.0 Å². The van der Waals surface area contributed by atoms with Crippen LogP contribution in [0.25, 0.3) is 11.0 Å². The number of carboxylic acid groups (broad SMARTS) is 1. The zero-order chi connectivity index (χ0) is 19.7. The maximum Gasteiger partial charge on any atom is 0.338 e. The van der Waals surface area contributed by atoms with Crippen LogP contribution in [-0.4, -0.2) is 34.3 Å². The van der Waals surface area contributed by atoms with Crippen LogP contribution < -0.4 is 0 Å². The minimum absolute atomic E-state index is 0.00576. The van der Waals surface area contributed by atoms with Crippen molar-refractivity contribution >= 4 is 32.9 Å². The highest BCUT2D eigenvalue weighted by atomic mass is 79.9. The second-order valence-corrected chi connectivity index (χ2v) is 6.66. The molecule has 0 saturated carbocycles. The Balaban J connectivity index is 2.16. The van der Waals surface area contributed by atoms with E-state index in [0.717, 1.165) is 18.2 Å². The molecular weight excluding hydrogens is 429 g/mol. The molecule has 0 aliphatic carbocycles. The number of hydrogen-bond acceptors (Lipinski definition) is 3. The smallest absolute Gasteiger partial charge is 0.338 e. The maximum atomic E-state index is 14.7. The highest BCUT2D eigenvalue weighted by Gasteiger charge is 2.21. The Morgan fingerprint density at radius 1 is 1.26 bits per heavy atom. The van der Waals surface area contributed by atoms with Crippen molar-refractivity contribution in [3.63, 3.8) is 0 Å². The van der Waals surface area contributed by atoms with Gasteiger partial charge in [0.15, 0.2) is 5.82 Å². The zero-order valence-electron chi connectivity index (χ0n) is 14.1. The molecule has 1 heterocycles. The quantitative estimate of drug-likeness (QED) is 0.582. The summed E-state index contributed by atoms with van der Waals surface area (Å²) in [6.07, 6.45) is -0.101. The third-order valence-electron chi connectivity index (χ3n) is 4.11. The minimum atomic E-state index is -1.41. The summed E-state index contributed by atoms with van der Waals surface area (Å²) >= 11 is 2.92. The Bertz CT molecular complexity index is 1040. The molecule has 3 aromatic rings. The summed E-state index contributed by atoms with van der Waals surface area (Å²) in [6, 6.07) is 4.55. The standard InChI is InChI=1S/C18H14BrF3N2O3/c1-27-5-4-24-15(7-9-6-13(21)11(19)8-12(9)20)23-14-3-2-10(18(25)26)16(22)17(14)24/h2-3,6,8H,4-5,7H2,1H3,(H,25,26). The summed E-state index contributed by atoms with van der Waals surface area (Å²) < 4.78 is 49.2. The topological polar surface area (TPSA) is 64.4 Å². The molecule has 0 amide bonds. The van der Waals surface area contributed by atoms with Crippen molar-refractivity contribution in [2.24, 2.45) is 0 Å². The number of imidazole rings is 1. The monoisotopic (exact) mass is 442 g/mol. The normalized spacial score (nSPS) is 11.3. The summed E-state index contributed by atoms with van der Waals surface area (Å²) in [5, 5.41) is 9.14. The van der Waals surface area contributed by atoms with Crippen LogP contribution in [0, 0.1) is 17.5 Å². The van der Waals surface area contributed by atoms with Crippen LogP contribution in [0.1, 0.15) is 21.7 Å². The number of ether oxygens (including phenoxy) is 1. The van der Waals surface area contributed by atoms with Gasteiger partial charge in [-0.15, -0.1) is 0 Å². The molecule has 0 bridgehead atoms. The predicted molar refractivity (Wildman–Crippen MR) is 95.4 cm³/mol. The second-order valence-electron chi connectivity index (χ2n) is 5.81. The molecule has 142 valence electrons. The lowest BCUT2D eigenvalue weighted by molar-refractivity contribution is 0.0692. The molecular formula is C18H14BrF3N2O3. The van der Waals surface area contributed by atoms with Gasteiger partial charge in [0.25, 0.3) is 0 Å². The number of methoxy groups -OCH3 is 1. The molecule has 0 fully saturated rings. The van der Waals surface area contributed by atoms with Crippen molar-refractivity contribution in [2.45, 2.75) is 13.0 Å². The number of aromatic nitrogens is 2. The van der Waals surface area contributed by atoms with Gasteiger partial charge in [-0.1, -0.05) is 0 Å². The third-order valence-corrected chi connectivity index (χ3v) is 4.72. The number of fused-ring (bicyclic) bond motifs is 1. The van der Waals surface area contributed by atoms with E-state index in [1.54, 1.807) is 0 Å². The van der Waals surface area contributed by atoms with Crippen LogP contribution in [0.3, 0.4) is 0 Å². The van der Waals surface area contributed by atoms with Gasteiger partial charge in [0.2, 0.25) is 0 Å². The van der Waals surface area contributed by atoms with Crippen LogP contribution in [0.5, 0.6) is 0 Å². The number of benzene rings is 2. The number of nitrogens with zero attached hydrogens (tertiary/aromatic N) is 2. The van der Waals surface area contributed by atoms with Crippen LogP contribution in [0.4, 0.5) is 13.2 Å². The lowest BCUT2D eigenvalue weighted by Crippen LogP contribution is -2.11. The lowest BCUT2D eigenvalue weighted by atomic mass is 10.1. The van der Waals surface area contributed by atoms with Gasteiger partial charge >= 0.3 is 5.97 Å². The summed E-state index contributed by atoms with van der Waals surface area (Å²) in [7, 11) is 1.46. The van der Waals surface area contributed by atoms with Gasteiger partial charge in [0, 0.05) is 20.1 Å². The van der Waals surface area contributed by atoms with Crippen LogP contribution in [0.2, 0.25) is 0 Å². The Morgan fingerprint density at radius 3 is 2.67 bits per heavy atom. The Morgan fingerprint density at radius 2 is 2.00 bits per heavy atom. The van der Waals surface area contributed by atoms with E-state index in [2.05, 4.69) is 20.9 Å². The first-order valence-corrected chi connectivity index (χ1v) is 8.66. The van der Waals surface area contributed by atoms with Crippen molar-refractivity contribution in [1.29, 1.82) is 0 Å². The molecule has 0 saturated heterocycles. The highest BCUT2D eigenvalue weighted by Crippen LogP contribution is 2.26. The van der Waals surface area contributed by atoms with Gasteiger partial charge in [-0.25, -0.2) is 22.9 Å². The average molecular weight is 443 g/mol. The van der Waals surface area contributed by atoms with Crippen molar-refractivity contribution in [3.8, 4) is 0 Å². The van der Waals surface area contributed by atoms with E-state index in [-0.39, 0.29) is 46.5 Å². The fourth-order valence-corrected chi connectivity index (χ4v) is 3.14. The number of rotatable bonds is 6. The van der Waals surface area contributed by atoms with E-state index in [1.165, 1.54) is 17.7 Å². The van der Waals surface area contributed by atoms with Gasteiger partial charge in [-0.3, -0.25) is 0 Å². The number of hydrogen-bond donors (Lipinski definition) is 1. The molecule has 0 radical (unpaired) electrons. The minimum Gasteiger partial charge on any atom is -0.478 e. The van der Waals surface area contributed by atoms with Gasteiger partial charge < -0.3 is 14.4 Å². The molecule has 3 rings (SSSR count). The average Bonchev–Trinajstić information content (AvgIpc) is 2.95. The van der Waals surface area contributed by atoms with Crippen molar-refractivity contribution in [2.75, 3.05) is 13.7 Å². The summed E-state index contributed by atoms with van der Waals surface area (Å²) in [5.74, 6) is -3.34. The molecule has 0 aliphatic rings. The molecule has 0 unspecified atom stereocenters. The fraction of sp³-hybridized carbons (Fsp3) is 0.222. The maximum absolute atomic E-state index is 14.7. The lowest BCUT2D eigenvalue weighted by Gasteiger charge is -2.11. The molecule has 27 heavy (non-hydrogen) atoms. The Hall–Kier alpha value is -2.39. The third kappa shape index (κ3) is 3.70. The van der Waals surface area contributed by atoms with Gasteiger partial charge in [-0.05, 0) is 45.8 Å².